The van der Waals surface area contributed by atoms with E-state index in [1.807, 2.05) is 72.8 Å². The largest absolute Gasteiger partial charge is 0.302 e. The molecular formula is C22H17BrN4O. The van der Waals surface area contributed by atoms with Crippen molar-refractivity contribution in [1.82, 2.24) is 14.8 Å². The molecule has 0 aliphatic rings. The second-order valence-corrected chi connectivity index (χ2v) is 7.11. The summed E-state index contributed by atoms with van der Waals surface area (Å²) in [6, 6.07) is 23.1. The van der Waals surface area contributed by atoms with E-state index in [0.717, 1.165) is 21.5 Å². The summed E-state index contributed by atoms with van der Waals surface area (Å²) in [5.41, 5.74) is 3.03. The van der Waals surface area contributed by atoms with Crippen molar-refractivity contribution in [3.63, 3.8) is 0 Å². The van der Waals surface area contributed by atoms with Crippen molar-refractivity contribution < 1.29 is 4.79 Å². The van der Waals surface area contributed by atoms with Crippen molar-refractivity contribution >= 4 is 27.5 Å². The van der Waals surface area contributed by atoms with Gasteiger partial charge in [0.1, 0.15) is 0 Å². The van der Waals surface area contributed by atoms with Crippen LogP contribution in [-0.4, -0.2) is 20.7 Å². The maximum atomic E-state index is 13.3. The first kappa shape index (κ1) is 18.1. The highest BCUT2D eigenvalue weighted by Crippen LogP contribution is 2.22. The Morgan fingerprint density at radius 3 is 2.43 bits per heavy atom. The number of benzene rings is 2. The molecule has 1 amide bonds. The minimum Gasteiger partial charge on any atom is -0.302 e. The van der Waals surface area contributed by atoms with Crippen molar-refractivity contribution in [1.29, 1.82) is 0 Å². The van der Waals surface area contributed by atoms with Gasteiger partial charge in [0, 0.05) is 22.6 Å². The zero-order valence-corrected chi connectivity index (χ0v) is 16.5. The van der Waals surface area contributed by atoms with Crippen LogP contribution in [0.15, 0.2) is 95.9 Å². The number of amides is 1. The Morgan fingerprint density at radius 1 is 0.964 bits per heavy atom. The van der Waals surface area contributed by atoms with Gasteiger partial charge < -0.3 is 4.90 Å². The lowest BCUT2D eigenvalue weighted by atomic mass is 10.2. The Hall–Kier alpha value is -3.25. The number of para-hydroxylation sites is 1. The van der Waals surface area contributed by atoms with Crippen LogP contribution in [0, 0.1) is 0 Å². The fraction of sp³-hybridized carbons (Fsp3) is 0.0455. The Balaban J connectivity index is 1.67. The fourth-order valence-corrected chi connectivity index (χ4v) is 3.13. The van der Waals surface area contributed by atoms with Gasteiger partial charge in [0.15, 0.2) is 0 Å². The molecule has 0 fully saturated rings. The van der Waals surface area contributed by atoms with E-state index in [1.54, 1.807) is 28.2 Å². The van der Waals surface area contributed by atoms with Gasteiger partial charge in [-0.3, -0.25) is 9.78 Å². The van der Waals surface area contributed by atoms with Gasteiger partial charge >= 0.3 is 0 Å². The highest BCUT2D eigenvalue weighted by molar-refractivity contribution is 9.10. The maximum absolute atomic E-state index is 13.3. The second kappa shape index (κ2) is 8.19. The van der Waals surface area contributed by atoms with Crippen LogP contribution in [0.5, 0.6) is 0 Å². The smallest absolute Gasteiger partial charge is 0.261 e. The number of pyridine rings is 1. The minimum atomic E-state index is -0.129. The monoisotopic (exact) mass is 432 g/mol. The summed E-state index contributed by atoms with van der Waals surface area (Å²) in [5, 5.41) is 4.35. The Bertz CT molecular complexity index is 1060. The second-order valence-electron chi connectivity index (χ2n) is 6.20. The SMILES string of the molecule is O=C(c1cnn(-c2ccccc2)c1)N(Cc1ccccn1)c1ccc(Br)cc1. The Morgan fingerprint density at radius 2 is 1.71 bits per heavy atom. The van der Waals surface area contributed by atoms with E-state index in [-0.39, 0.29) is 5.91 Å². The topological polar surface area (TPSA) is 51.0 Å². The third-order valence-electron chi connectivity index (χ3n) is 4.28. The first-order valence-corrected chi connectivity index (χ1v) is 9.57. The minimum absolute atomic E-state index is 0.129. The highest BCUT2D eigenvalue weighted by Gasteiger charge is 2.20. The van der Waals surface area contributed by atoms with Gasteiger partial charge in [0.25, 0.3) is 5.91 Å². The summed E-state index contributed by atoms with van der Waals surface area (Å²) >= 11 is 3.44. The summed E-state index contributed by atoms with van der Waals surface area (Å²) in [5.74, 6) is -0.129. The lowest BCUT2D eigenvalue weighted by molar-refractivity contribution is 0.0985. The third-order valence-corrected chi connectivity index (χ3v) is 4.81. The predicted molar refractivity (Wildman–Crippen MR) is 112 cm³/mol. The molecule has 5 nitrogen and oxygen atoms in total. The quantitative estimate of drug-likeness (QED) is 0.451. The molecule has 0 radical (unpaired) electrons. The average molecular weight is 433 g/mol. The van der Waals surface area contributed by atoms with Gasteiger partial charge in [-0.2, -0.15) is 5.10 Å². The molecule has 0 aliphatic carbocycles. The van der Waals surface area contributed by atoms with Crippen LogP contribution < -0.4 is 4.90 Å². The third kappa shape index (κ3) is 4.02. The number of aromatic nitrogens is 3. The number of anilines is 1. The van der Waals surface area contributed by atoms with E-state index in [9.17, 15) is 4.79 Å². The lowest BCUT2D eigenvalue weighted by Crippen LogP contribution is -2.30. The summed E-state index contributed by atoms with van der Waals surface area (Å²) in [7, 11) is 0. The molecule has 2 aromatic heterocycles. The Kier molecular flexibility index (Phi) is 5.30. The van der Waals surface area contributed by atoms with E-state index in [4.69, 9.17) is 0 Å². The van der Waals surface area contributed by atoms with Crippen LogP contribution in [-0.2, 0) is 6.54 Å². The van der Waals surface area contributed by atoms with Crippen LogP contribution in [0.1, 0.15) is 16.1 Å². The number of nitrogens with zero attached hydrogens (tertiary/aromatic N) is 4. The van der Waals surface area contributed by atoms with Crippen molar-refractivity contribution in [2.75, 3.05) is 4.90 Å². The van der Waals surface area contributed by atoms with Crippen molar-refractivity contribution in [3.05, 3.63) is 107 Å². The molecule has 0 saturated heterocycles. The van der Waals surface area contributed by atoms with Gasteiger partial charge in [-0.15, -0.1) is 0 Å². The maximum Gasteiger partial charge on any atom is 0.261 e. The van der Waals surface area contributed by atoms with Gasteiger partial charge in [0.05, 0.1) is 29.7 Å². The summed E-state index contributed by atoms with van der Waals surface area (Å²) < 4.78 is 2.66. The molecule has 0 atom stereocenters. The van der Waals surface area contributed by atoms with E-state index in [2.05, 4.69) is 26.0 Å². The fourth-order valence-electron chi connectivity index (χ4n) is 2.87. The summed E-state index contributed by atoms with van der Waals surface area (Å²) in [6.45, 7) is 0.373. The van der Waals surface area contributed by atoms with Crippen LogP contribution in [0.4, 0.5) is 5.69 Å². The number of hydrogen-bond acceptors (Lipinski definition) is 3. The molecule has 0 N–H and O–H groups in total. The van der Waals surface area contributed by atoms with Gasteiger partial charge in [-0.05, 0) is 48.5 Å². The van der Waals surface area contributed by atoms with Crippen LogP contribution in [0.2, 0.25) is 0 Å². The molecule has 6 heteroatoms. The number of rotatable bonds is 5. The molecule has 0 spiro atoms. The molecule has 0 unspecified atom stereocenters. The first-order valence-electron chi connectivity index (χ1n) is 8.78. The molecule has 4 aromatic rings. The molecule has 28 heavy (non-hydrogen) atoms. The molecule has 2 heterocycles. The van der Waals surface area contributed by atoms with Crippen molar-refractivity contribution in [3.8, 4) is 5.69 Å². The summed E-state index contributed by atoms with van der Waals surface area (Å²) in [4.78, 5) is 19.4. The van der Waals surface area contributed by atoms with Gasteiger partial charge in [-0.1, -0.05) is 40.2 Å². The van der Waals surface area contributed by atoms with Crippen LogP contribution in [0.3, 0.4) is 0 Å². The van der Waals surface area contributed by atoms with Gasteiger partial charge in [0.2, 0.25) is 0 Å². The number of hydrogen-bond donors (Lipinski definition) is 0. The van der Waals surface area contributed by atoms with Crippen molar-refractivity contribution in [2.24, 2.45) is 0 Å². The van der Waals surface area contributed by atoms with E-state index >= 15 is 0 Å². The molecule has 0 aliphatic heterocycles. The van der Waals surface area contributed by atoms with E-state index in [0.29, 0.717) is 12.1 Å². The molecule has 0 saturated carbocycles. The Labute approximate surface area is 171 Å². The number of carbonyl (C=O) groups is 1. The van der Waals surface area contributed by atoms with E-state index in [1.165, 1.54) is 0 Å². The standard InChI is InChI=1S/C22H17BrN4O/c23-18-9-11-20(12-10-18)26(16-19-6-4-5-13-24-19)22(28)17-14-25-27(15-17)21-7-2-1-3-8-21/h1-15H,16H2. The number of halogens is 1. The normalized spacial score (nSPS) is 10.6. The molecule has 0 bridgehead atoms. The van der Waals surface area contributed by atoms with Crippen molar-refractivity contribution in [2.45, 2.75) is 6.54 Å². The molecular weight excluding hydrogens is 416 g/mol. The molecule has 2 aromatic carbocycles. The molecule has 138 valence electrons. The van der Waals surface area contributed by atoms with Gasteiger partial charge in [-0.25, -0.2) is 4.68 Å². The summed E-state index contributed by atoms with van der Waals surface area (Å²) in [6.07, 6.45) is 5.08. The van der Waals surface area contributed by atoms with Crippen LogP contribution >= 0.6 is 15.9 Å². The zero-order chi connectivity index (χ0) is 19.3. The first-order chi connectivity index (χ1) is 13.7. The van der Waals surface area contributed by atoms with Crippen LogP contribution in [0.25, 0.3) is 5.69 Å². The highest BCUT2D eigenvalue weighted by atomic mass is 79.9. The average Bonchev–Trinajstić information content (AvgIpc) is 3.24. The predicted octanol–water partition coefficient (Wildman–Crippen LogP) is 4.88. The lowest BCUT2D eigenvalue weighted by Gasteiger charge is -2.22. The zero-order valence-electron chi connectivity index (χ0n) is 14.9. The van der Waals surface area contributed by atoms with E-state index < -0.39 is 0 Å². The molecule has 4 rings (SSSR count). The number of carbonyl (C=O) groups excluding carboxylic acids is 1.